The predicted molar refractivity (Wildman–Crippen MR) is 225 cm³/mol. The van der Waals surface area contributed by atoms with Gasteiger partial charge in [0.15, 0.2) is 6.10 Å². The summed E-state index contributed by atoms with van der Waals surface area (Å²) in [5.41, 5.74) is 4.19. The molecule has 324 valence electrons. The van der Waals surface area contributed by atoms with Crippen molar-refractivity contribution >= 4 is 29.7 Å². The number of piperazine rings is 1. The number of aryl methyl sites for hydroxylation is 2. The average Bonchev–Trinajstić information content (AvgIpc) is 3.41. The minimum Gasteiger partial charge on any atom is -0.507 e. The van der Waals surface area contributed by atoms with Crippen LogP contribution in [-0.4, -0.2) is 182 Å². The first-order valence-electron chi connectivity index (χ1n) is 21.6. The van der Waals surface area contributed by atoms with E-state index in [0.29, 0.717) is 75.9 Å². The number of esters is 1. The van der Waals surface area contributed by atoms with Gasteiger partial charge in [-0.05, 0) is 88.2 Å². The molecule has 2 N–H and O–H groups in total. The summed E-state index contributed by atoms with van der Waals surface area (Å²) in [6.07, 6.45) is 2.60. The van der Waals surface area contributed by atoms with Gasteiger partial charge in [-0.25, -0.2) is 9.59 Å². The highest BCUT2D eigenvalue weighted by Gasteiger charge is 2.36. The molecule has 0 spiro atoms. The lowest BCUT2D eigenvalue weighted by Crippen LogP contribution is -2.57. The maximum atomic E-state index is 14.1. The standard InChI is InChI=1S/C39H54N6O7.C5H11NO/c1-4-51-35(46)26-41-14-10-31(11-15-41)42-19-21-43(22-20-42)37(48)34(25-29-23-27(2)36(47)28(3)24-29)52-39(50)44-16-12-32(13-17-44)45-18-9-30-7-5-6-8-33(30)40-38(45)49;1-6-2-4-7-5-3-6/h5-8,23-24,31-32,34,47H,4,9-22,25-26H2,1-3H3,(H,40,49);2-5H2,1H3/t34-;/m1./s1. The number of nitrogens with zero attached hydrogens (tertiary/aromatic N) is 6. The lowest BCUT2D eigenvalue weighted by Gasteiger charge is -2.43. The largest absolute Gasteiger partial charge is 0.507 e. The van der Waals surface area contributed by atoms with Crippen LogP contribution in [0.25, 0.3) is 0 Å². The predicted octanol–water partition coefficient (Wildman–Crippen LogP) is 3.73. The normalized spacial score (nSPS) is 20.7. The minimum absolute atomic E-state index is 0.000151. The van der Waals surface area contributed by atoms with Crippen molar-refractivity contribution in [2.45, 2.75) is 77.5 Å². The molecular weight excluding hydrogens is 755 g/mol. The number of benzene rings is 2. The Hall–Kier alpha value is -4.44. The van der Waals surface area contributed by atoms with E-state index in [1.807, 2.05) is 67.0 Å². The first-order chi connectivity index (χ1) is 28.5. The van der Waals surface area contributed by atoms with Gasteiger partial charge in [0, 0.05) is 96.2 Å². The number of ether oxygens (including phenoxy) is 3. The van der Waals surface area contributed by atoms with Crippen LogP contribution in [0.15, 0.2) is 36.4 Å². The number of carbonyl (C=O) groups excluding carboxylic acids is 4. The van der Waals surface area contributed by atoms with Crippen molar-refractivity contribution in [3.63, 3.8) is 0 Å². The molecule has 0 unspecified atom stereocenters. The number of piperidine rings is 2. The number of aromatic hydroxyl groups is 1. The van der Waals surface area contributed by atoms with Gasteiger partial charge in [-0.15, -0.1) is 0 Å². The van der Waals surface area contributed by atoms with Crippen LogP contribution in [0.2, 0.25) is 0 Å². The Morgan fingerprint density at radius 2 is 1.49 bits per heavy atom. The van der Waals surface area contributed by atoms with Crippen LogP contribution in [0.5, 0.6) is 5.75 Å². The van der Waals surface area contributed by atoms with Gasteiger partial charge in [0.2, 0.25) is 0 Å². The van der Waals surface area contributed by atoms with E-state index in [0.717, 1.165) is 88.6 Å². The zero-order valence-electron chi connectivity index (χ0n) is 35.5. The number of phenolic OH excluding ortho intramolecular Hbond substituents is 1. The summed E-state index contributed by atoms with van der Waals surface area (Å²) >= 11 is 0. The molecule has 0 saturated carbocycles. The molecule has 0 aromatic heterocycles. The third-order valence-electron chi connectivity index (χ3n) is 12.4. The summed E-state index contributed by atoms with van der Waals surface area (Å²) < 4.78 is 16.3. The molecule has 5 aliphatic heterocycles. The number of morpholine rings is 1. The third-order valence-corrected chi connectivity index (χ3v) is 12.4. The van der Waals surface area contributed by atoms with Gasteiger partial charge < -0.3 is 44.2 Å². The fourth-order valence-corrected chi connectivity index (χ4v) is 8.85. The molecule has 0 radical (unpaired) electrons. The highest BCUT2D eigenvalue weighted by Crippen LogP contribution is 2.27. The first-order valence-corrected chi connectivity index (χ1v) is 21.6. The Kier molecular flexibility index (Phi) is 15.8. The summed E-state index contributed by atoms with van der Waals surface area (Å²) in [4.78, 5) is 65.0. The number of carbonyl (C=O) groups is 4. The number of para-hydroxylation sites is 1. The highest BCUT2D eigenvalue weighted by molar-refractivity contribution is 5.91. The lowest BCUT2D eigenvalue weighted by molar-refractivity contribution is -0.144. The molecule has 5 heterocycles. The Labute approximate surface area is 349 Å². The Morgan fingerprint density at radius 3 is 2.12 bits per heavy atom. The van der Waals surface area contributed by atoms with E-state index in [1.54, 1.807) is 4.90 Å². The van der Waals surface area contributed by atoms with Gasteiger partial charge in [0.1, 0.15) is 5.75 Å². The van der Waals surface area contributed by atoms with Crippen LogP contribution in [-0.2, 0) is 36.6 Å². The highest BCUT2D eigenvalue weighted by atomic mass is 16.6. The Bertz CT molecular complexity index is 1710. The van der Waals surface area contributed by atoms with Gasteiger partial charge in [-0.1, -0.05) is 30.3 Å². The first kappa shape index (κ1) is 44.1. The molecule has 15 nitrogen and oxygen atoms in total. The molecule has 0 bridgehead atoms. The molecule has 0 aliphatic carbocycles. The molecule has 5 aliphatic rings. The number of hydrogen-bond acceptors (Lipinski definition) is 11. The molecule has 2 aromatic carbocycles. The molecule has 59 heavy (non-hydrogen) atoms. The van der Waals surface area contributed by atoms with Crippen molar-refractivity contribution in [3.05, 3.63) is 58.7 Å². The average molecular weight is 820 g/mol. The summed E-state index contributed by atoms with van der Waals surface area (Å²) in [6.45, 7) is 15.9. The summed E-state index contributed by atoms with van der Waals surface area (Å²) in [6, 6.07) is 11.8. The number of amides is 4. The number of hydrogen-bond donors (Lipinski definition) is 2. The van der Waals surface area contributed by atoms with E-state index in [2.05, 4.69) is 27.1 Å². The van der Waals surface area contributed by atoms with Gasteiger partial charge >= 0.3 is 18.1 Å². The van der Waals surface area contributed by atoms with Crippen LogP contribution in [0.4, 0.5) is 15.3 Å². The monoisotopic (exact) mass is 819 g/mol. The summed E-state index contributed by atoms with van der Waals surface area (Å²) in [5, 5.41) is 13.4. The van der Waals surface area contributed by atoms with Crippen molar-refractivity contribution in [1.29, 1.82) is 0 Å². The van der Waals surface area contributed by atoms with Crippen molar-refractivity contribution in [2.24, 2.45) is 0 Å². The van der Waals surface area contributed by atoms with E-state index >= 15 is 0 Å². The van der Waals surface area contributed by atoms with Crippen molar-refractivity contribution in [3.8, 4) is 5.75 Å². The molecule has 15 heteroatoms. The number of likely N-dealkylation sites (tertiary alicyclic amines) is 2. The van der Waals surface area contributed by atoms with Crippen LogP contribution in [0.1, 0.15) is 54.9 Å². The fourth-order valence-electron chi connectivity index (χ4n) is 8.85. The number of rotatable bonds is 9. The van der Waals surface area contributed by atoms with Crippen molar-refractivity contribution in [1.82, 2.24) is 29.4 Å². The number of fused-ring (bicyclic) bond motifs is 1. The van der Waals surface area contributed by atoms with E-state index in [-0.39, 0.29) is 36.1 Å². The zero-order valence-corrected chi connectivity index (χ0v) is 35.5. The molecule has 2 aromatic rings. The second kappa shape index (κ2) is 21.2. The molecule has 1 atom stereocenters. The summed E-state index contributed by atoms with van der Waals surface area (Å²) in [5.74, 6) is -0.174. The van der Waals surface area contributed by atoms with Crippen LogP contribution >= 0.6 is 0 Å². The second-order valence-electron chi connectivity index (χ2n) is 16.5. The van der Waals surface area contributed by atoms with Gasteiger partial charge in [-0.2, -0.15) is 0 Å². The van der Waals surface area contributed by atoms with E-state index < -0.39 is 12.2 Å². The van der Waals surface area contributed by atoms with Crippen molar-refractivity contribution < 1.29 is 38.5 Å². The van der Waals surface area contributed by atoms with Crippen LogP contribution < -0.4 is 5.32 Å². The zero-order chi connectivity index (χ0) is 41.9. The maximum Gasteiger partial charge on any atom is 0.410 e. The van der Waals surface area contributed by atoms with E-state index in [9.17, 15) is 24.3 Å². The quantitative estimate of drug-likeness (QED) is 0.357. The smallest absolute Gasteiger partial charge is 0.410 e. The van der Waals surface area contributed by atoms with Crippen LogP contribution in [0.3, 0.4) is 0 Å². The maximum absolute atomic E-state index is 14.1. The third kappa shape index (κ3) is 12.1. The number of nitrogens with one attached hydrogen (secondary N) is 1. The van der Waals surface area contributed by atoms with E-state index in [4.69, 9.17) is 14.2 Å². The second-order valence-corrected chi connectivity index (χ2v) is 16.5. The van der Waals surface area contributed by atoms with Gasteiger partial charge in [-0.3, -0.25) is 19.4 Å². The van der Waals surface area contributed by atoms with Gasteiger partial charge in [0.05, 0.1) is 26.4 Å². The molecule has 4 fully saturated rings. The molecule has 4 saturated heterocycles. The number of phenols is 1. The number of urea groups is 1. The van der Waals surface area contributed by atoms with Gasteiger partial charge in [0.25, 0.3) is 5.91 Å². The minimum atomic E-state index is -1.01. The fraction of sp³-hybridized carbons (Fsp3) is 0.636. The topological polar surface area (TPSA) is 148 Å². The SMILES string of the molecule is CCOC(=O)CN1CCC(N2CCN(C(=O)[C@@H](Cc3cc(C)c(O)c(C)c3)OC(=O)N3CCC(N4CCc5ccccc5NC4=O)CC3)CC2)CC1.CN1CCOCC1. The Morgan fingerprint density at radius 1 is 0.847 bits per heavy atom. The number of anilines is 1. The van der Waals surface area contributed by atoms with Crippen LogP contribution in [0, 0.1) is 13.8 Å². The molecule has 7 rings (SSSR count). The van der Waals surface area contributed by atoms with E-state index in [1.165, 1.54) is 0 Å². The Balaban J connectivity index is 0.000000757. The molecule has 4 amide bonds. The summed E-state index contributed by atoms with van der Waals surface area (Å²) in [7, 11) is 2.11. The molecular formula is C44H65N7O8. The van der Waals surface area contributed by atoms with Crippen molar-refractivity contribution in [2.75, 3.05) is 111 Å². The lowest BCUT2D eigenvalue weighted by atomic mass is 10.00. The number of likely N-dealkylation sites (N-methyl/N-ethyl adjacent to an activating group) is 1.